The predicted octanol–water partition coefficient (Wildman–Crippen LogP) is 2.98. The molecular weight excluding hydrogens is 378 g/mol. The summed E-state index contributed by atoms with van der Waals surface area (Å²) < 4.78 is 4.26. The first-order valence-electron chi connectivity index (χ1n) is 8.83. The average Bonchev–Trinajstić information content (AvgIpc) is 3.24. The second-order valence-electron chi connectivity index (χ2n) is 6.96. The van der Waals surface area contributed by atoms with Crippen molar-refractivity contribution in [2.45, 2.75) is 26.8 Å². The molecule has 6 nitrogen and oxygen atoms in total. The molecule has 0 radical (unpaired) electrons. The minimum Gasteiger partial charge on any atom is -0.350 e. The molecule has 0 atom stereocenters. The molecule has 1 aliphatic rings. The Bertz CT molecular complexity index is 930. The zero-order chi connectivity index (χ0) is 18.9. The van der Waals surface area contributed by atoms with Gasteiger partial charge in [0, 0.05) is 30.0 Å². The maximum Gasteiger partial charge on any atom is 0.230 e. The molecule has 140 valence electrons. The van der Waals surface area contributed by atoms with E-state index in [1.807, 2.05) is 37.4 Å². The van der Waals surface area contributed by atoms with E-state index in [2.05, 4.69) is 36.7 Å². The molecule has 4 rings (SSSR count). The third kappa shape index (κ3) is 3.86. The van der Waals surface area contributed by atoms with Gasteiger partial charge in [0.15, 0.2) is 0 Å². The van der Waals surface area contributed by atoms with Gasteiger partial charge in [0.25, 0.3) is 0 Å². The van der Waals surface area contributed by atoms with Crippen LogP contribution < -0.4 is 10.2 Å². The van der Waals surface area contributed by atoms with Gasteiger partial charge in [-0.15, -0.1) is 11.3 Å². The highest BCUT2D eigenvalue weighted by molar-refractivity contribution is 7.09. The number of carbonyl (C=O) groups is 1. The van der Waals surface area contributed by atoms with Crippen molar-refractivity contribution in [2.75, 3.05) is 18.0 Å². The molecule has 0 saturated carbocycles. The minimum atomic E-state index is -0.452. The number of hydrogen-bond acceptors (Lipinski definition) is 7. The Kier molecular flexibility index (Phi) is 4.92. The van der Waals surface area contributed by atoms with E-state index in [4.69, 9.17) is 0 Å². The monoisotopic (exact) mass is 399 g/mol. The van der Waals surface area contributed by atoms with Gasteiger partial charge in [0.2, 0.25) is 11.0 Å². The number of anilines is 1. The zero-order valence-corrected chi connectivity index (χ0v) is 16.9. The predicted molar refractivity (Wildman–Crippen MR) is 108 cm³/mol. The fourth-order valence-corrected chi connectivity index (χ4v) is 4.69. The largest absolute Gasteiger partial charge is 0.350 e. The van der Waals surface area contributed by atoms with Crippen molar-refractivity contribution in [3.05, 3.63) is 57.8 Å². The summed E-state index contributed by atoms with van der Waals surface area (Å²) >= 11 is 2.99. The first kappa shape index (κ1) is 18.1. The quantitative estimate of drug-likeness (QED) is 0.690. The molecule has 0 spiro atoms. The number of amides is 1. The molecule has 1 fully saturated rings. The van der Waals surface area contributed by atoms with E-state index in [0.717, 1.165) is 21.7 Å². The smallest absolute Gasteiger partial charge is 0.230 e. The van der Waals surface area contributed by atoms with Crippen LogP contribution in [0.4, 0.5) is 5.13 Å². The van der Waals surface area contributed by atoms with Gasteiger partial charge < -0.3 is 10.2 Å². The van der Waals surface area contributed by atoms with Crippen LogP contribution in [0.1, 0.15) is 22.1 Å². The summed E-state index contributed by atoms with van der Waals surface area (Å²) in [5.41, 5.74) is 1.63. The Morgan fingerprint density at radius 2 is 2.00 bits per heavy atom. The first-order valence-corrected chi connectivity index (χ1v) is 10.5. The summed E-state index contributed by atoms with van der Waals surface area (Å²) in [6, 6.07) is 10.2. The lowest BCUT2D eigenvalue weighted by Crippen LogP contribution is -2.64. The molecule has 27 heavy (non-hydrogen) atoms. The number of hydrogen-bond donors (Lipinski definition) is 1. The molecule has 8 heteroatoms. The Balaban J connectivity index is 1.48. The molecule has 1 N–H and O–H groups in total. The fourth-order valence-electron chi connectivity index (χ4n) is 3.40. The van der Waals surface area contributed by atoms with E-state index >= 15 is 0 Å². The molecule has 1 aliphatic heterocycles. The van der Waals surface area contributed by atoms with Gasteiger partial charge in [0.1, 0.15) is 5.82 Å². The van der Waals surface area contributed by atoms with Gasteiger partial charge in [-0.1, -0.05) is 30.3 Å². The number of aromatic nitrogens is 3. The lowest BCUT2D eigenvalue weighted by Gasteiger charge is -2.48. The van der Waals surface area contributed by atoms with Crippen molar-refractivity contribution in [1.29, 1.82) is 0 Å². The highest BCUT2D eigenvalue weighted by Crippen LogP contribution is 2.38. The van der Waals surface area contributed by atoms with Gasteiger partial charge in [0.05, 0.1) is 22.7 Å². The Hall–Kier alpha value is -2.32. The molecule has 2 aromatic heterocycles. The van der Waals surface area contributed by atoms with Crippen LogP contribution in [-0.2, 0) is 17.8 Å². The maximum atomic E-state index is 13.1. The van der Waals surface area contributed by atoms with E-state index < -0.39 is 5.41 Å². The van der Waals surface area contributed by atoms with Crippen LogP contribution in [-0.4, -0.2) is 33.3 Å². The zero-order valence-electron chi connectivity index (χ0n) is 15.3. The molecule has 1 aromatic carbocycles. The maximum absolute atomic E-state index is 13.1. The first-order chi connectivity index (χ1) is 13.0. The summed E-state index contributed by atoms with van der Waals surface area (Å²) in [7, 11) is 0. The number of carbonyl (C=O) groups excluding carboxylic acids is 1. The summed E-state index contributed by atoms with van der Waals surface area (Å²) in [5, 5.41) is 7.00. The topological polar surface area (TPSA) is 71.0 Å². The van der Waals surface area contributed by atoms with E-state index in [-0.39, 0.29) is 5.91 Å². The summed E-state index contributed by atoms with van der Waals surface area (Å²) in [4.78, 5) is 24.1. The van der Waals surface area contributed by atoms with Crippen LogP contribution in [0, 0.1) is 19.3 Å². The Morgan fingerprint density at radius 3 is 2.63 bits per heavy atom. The lowest BCUT2D eigenvalue weighted by molar-refractivity contribution is -0.132. The molecular formula is C19H21N5OS2. The van der Waals surface area contributed by atoms with Crippen molar-refractivity contribution < 1.29 is 4.79 Å². The molecule has 0 aliphatic carbocycles. The molecule has 0 unspecified atom stereocenters. The number of nitrogens with zero attached hydrogens (tertiary/aromatic N) is 4. The van der Waals surface area contributed by atoms with Gasteiger partial charge in [-0.05, 0) is 25.8 Å². The standard InChI is InChI=1S/C19H21N5OS2/c1-13-21-18(27-23-13)24-11-19(12-24,8-15-6-4-3-5-7-15)17(25)20-9-16-10-26-14(2)22-16/h3-7,10H,8-9,11-12H2,1-2H3,(H,20,25). The number of thiazole rings is 1. The van der Waals surface area contributed by atoms with Crippen molar-refractivity contribution in [1.82, 2.24) is 19.7 Å². The third-order valence-electron chi connectivity index (χ3n) is 4.74. The van der Waals surface area contributed by atoms with E-state index in [1.54, 1.807) is 11.3 Å². The summed E-state index contributed by atoms with van der Waals surface area (Å²) in [6.07, 6.45) is 0.712. The summed E-state index contributed by atoms with van der Waals surface area (Å²) in [5.74, 6) is 0.855. The number of benzene rings is 1. The molecule has 3 aromatic rings. The Labute approximate surface area is 166 Å². The molecule has 0 bridgehead atoms. The SMILES string of the molecule is Cc1nsc(N2CC(Cc3ccccc3)(C(=O)NCc3csc(C)n3)C2)n1. The average molecular weight is 400 g/mol. The normalized spacial score (nSPS) is 15.4. The Morgan fingerprint density at radius 1 is 1.22 bits per heavy atom. The van der Waals surface area contributed by atoms with Crippen LogP contribution in [0.15, 0.2) is 35.7 Å². The number of nitrogens with one attached hydrogen (secondary N) is 1. The van der Waals surface area contributed by atoms with Crippen molar-refractivity contribution in [3.63, 3.8) is 0 Å². The van der Waals surface area contributed by atoms with Crippen LogP contribution in [0.2, 0.25) is 0 Å². The van der Waals surface area contributed by atoms with E-state index in [0.29, 0.717) is 26.1 Å². The van der Waals surface area contributed by atoms with Crippen LogP contribution in [0.5, 0.6) is 0 Å². The number of rotatable bonds is 6. The van der Waals surface area contributed by atoms with E-state index in [1.165, 1.54) is 17.1 Å². The van der Waals surface area contributed by atoms with Crippen LogP contribution >= 0.6 is 22.9 Å². The number of aryl methyl sites for hydroxylation is 2. The lowest BCUT2D eigenvalue weighted by atomic mass is 9.74. The third-order valence-corrected chi connectivity index (χ3v) is 6.43. The van der Waals surface area contributed by atoms with Crippen molar-refractivity contribution >= 4 is 33.9 Å². The van der Waals surface area contributed by atoms with Gasteiger partial charge in [-0.2, -0.15) is 4.37 Å². The van der Waals surface area contributed by atoms with Gasteiger partial charge in [-0.3, -0.25) is 4.79 Å². The van der Waals surface area contributed by atoms with Crippen molar-refractivity contribution in [3.8, 4) is 0 Å². The van der Waals surface area contributed by atoms with Crippen LogP contribution in [0.25, 0.3) is 0 Å². The highest BCUT2D eigenvalue weighted by Gasteiger charge is 2.50. The van der Waals surface area contributed by atoms with E-state index in [9.17, 15) is 4.79 Å². The molecule has 1 saturated heterocycles. The molecule has 1 amide bonds. The second kappa shape index (κ2) is 7.36. The summed E-state index contributed by atoms with van der Waals surface area (Å²) in [6.45, 7) is 5.63. The van der Waals surface area contributed by atoms with Gasteiger partial charge >= 0.3 is 0 Å². The van der Waals surface area contributed by atoms with Crippen LogP contribution in [0.3, 0.4) is 0 Å². The van der Waals surface area contributed by atoms with Gasteiger partial charge in [-0.25, -0.2) is 9.97 Å². The highest BCUT2D eigenvalue weighted by atomic mass is 32.1. The van der Waals surface area contributed by atoms with Crippen molar-refractivity contribution in [2.24, 2.45) is 5.41 Å². The minimum absolute atomic E-state index is 0.0782. The fraction of sp³-hybridized carbons (Fsp3) is 0.368. The molecule has 3 heterocycles. The second-order valence-corrected chi connectivity index (χ2v) is 8.76.